The van der Waals surface area contributed by atoms with Crippen LogP contribution in [0.15, 0.2) is 57.7 Å². The van der Waals surface area contributed by atoms with Crippen LogP contribution in [-0.2, 0) is 0 Å². The number of benzene rings is 1. The van der Waals surface area contributed by atoms with Crippen LogP contribution in [-0.4, -0.2) is 20.9 Å². The van der Waals surface area contributed by atoms with Gasteiger partial charge in [-0.2, -0.15) is 0 Å². The lowest BCUT2D eigenvalue weighted by Gasteiger charge is -2.09. The predicted octanol–water partition coefficient (Wildman–Crippen LogP) is 3.11. The number of nitrogens with one attached hydrogen (secondary N) is 1. The first-order valence-electron chi connectivity index (χ1n) is 6.66. The molecule has 3 aromatic rings. The highest BCUT2D eigenvalue weighted by molar-refractivity contribution is 9.10. The molecule has 0 saturated heterocycles. The maximum absolute atomic E-state index is 12.2. The standard InChI is InChI=1S/C15H13BrN4O2/c1-10(14-7-4-8-22-14)17-15(21)12-9-20(19-18-12)13-6-3-2-5-11(13)16/h2-10H,1H3,(H,17,21)/t10-/m0/s1. The minimum atomic E-state index is -0.304. The van der Waals surface area contributed by atoms with Gasteiger partial charge in [0.25, 0.3) is 5.91 Å². The van der Waals surface area contributed by atoms with E-state index in [9.17, 15) is 4.79 Å². The highest BCUT2D eigenvalue weighted by Crippen LogP contribution is 2.19. The largest absolute Gasteiger partial charge is 0.467 e. The second-order valence-electron chi connectivity index (χ2n) is 4.71. The molecule has 112 valence electrons. The molecule has 0 saturated carbocycles. The number of furan rings is 1. The van der Waals surface area contributed by atoms with E-state index in [0.717, 1.165) is 10.2 Å². The van der Waals surface area contributed by atoms with Crippen molar-refractivity contribution >= 4 is 21.8 Å². The van der Waals surface area contributed by atoms with E-state index in [-0.39, 0.29) is 17.6 Å². The third-order valence-electron chi connectivity index (χ3n) is 3.14. The molecule has 2 aromatic heterocycles. The third kappa shape index (κ3) is 2.94. The van der Waals surface area contributed by atoms with Gasteiger partial charge >= 0.3 is 0 Å². The predicted molar refractivity (Wildman–Crippen MR) is 83.6 cm³/mol. The number of aromatic nitrogens is 3. The zero-order chi connectivity index (χ0) is 15.5. The summed E-state index contributed by atoms with van der Waals surface area (Å²) < 4.78 is 7.68. The fourth-order valence-corrected chi connectivity index (χ4v) is 2.47. The number of para-hydroxylation sites is 1. The summed E-state index contributed by atoms with van der Waals surface area (Å²) in [5.74, 6) is 0.383. The van der Waals surface area contributed by atoms with Crippen LogP contribution < -0.4 is 5.32 Å². The zero-order valence-corrected chi connectivity index (χ0v) is 13.3. The van der Waals surface area contributed by atoms with Crippen LogP contribution in [0.3, 0.4) is 0 Å². The summed E-state index contributed by atoms with van der Waals surface area (Å²) in [5, 5.41) is 10.7. The molecule has 6 nitrogen and oxygen atoms in total. The molecule has 22 heavy (non-hydrogen) atoms. The first-order valence-corrected chi connectivity index (χ1v) is 7.46. The number of carbonyl (C=O) groups is 1. The van der Waals surface area contributed by atoms with E-state index >= 15 is 0 Å². The van der Waals surface area contributed by atoms with Gasteiger partial charge in [0.1, 0.15) is 5.76 Å². The molecule has 0 spiro atoms. The van der Waals surface area contributed by atoms with E-state index in [1.807, 2.05) is 37.3 Å². The number of nitrogens with zero attached hydrogens (tertiary/aromatic N) is 3. The van der Waals surface area contributed by atoms with Crippen LogP contribution >= 0.6 is 15.9 Å². The Labute approximate surface area is 135 Å². The van der Waals surface area contributed by atoms with Crippen molar-refractivity contribution in [3.8, 4) is 5.69 Å². The molecule has 1 aromatic carbocycles. The second kappa shape index (κ2) is 6.15. The molecular formula is C15H13BrN4O2. The summed E-state index contributed by atoms with van der Waals surface area (Å²) in [5.41, 5.74) is 1.06. The number of amides is 1. The molecule has 0 unspecified atom stereocenters. The lowest BCUT2D eigenvalue weighted by atomic mass is 10.2. The van der Waals surface area contributed by atoms with Gasteiger partial charge < -0.3 is 9.73 Å². The molecule has 0 bridgehead atoms. The normalized spacial score (nSPS) is 12.1. The van der Waals surface area contributed by atoms with Crippen molar-refractivity contribution in [3.05, 3.63) is 64.8 Å². The Morgan fingerprint density at radius 1 is 1.32 bits per heavy atom. The molecule has 0 radical (unpaired) electrons. The molecule has 3 rings (SSSR count). The minimum absolute atomic E-state index is 0.240. The molecule has 1 N–H and O–H groups in total. The van der Waals surface area contributed by atoms with Gasteiger partial charge in [0.05, 0.1) is 24.2 Å². The van der Waals surface area contributed by atoms with Crippen molar-refractivity contribution in [3.63, 3.8) is 0 Å². The molecule has 1 atom stereocenters. The van der Waals surface area contributed by atoms with E-state index in [4.69, 9.17) is 4.42 Å². The Bertz CT molecular complexity index is 782. The van der Waals surface area contributed by atoms with Gasteiger partial charge in [-0.3, -0.25) is 4.79 Å². The van der Waals surface area contributed by atoms with Crippen LogP contribution in [0.2, 0.25) is 0 Å². The average Bonchev–Trinajstić information content (AvgIpc) is 3.19. The zero-order valence-electron chi connectivity index (χ0n) is 11.7. The van der Waals surface area contributed by atoms with E-state index in [1.54, 1.807) is 23.2 Å². The summed E-state index contributed by atoms with van der Waals surface area (Å²) >= 11 is 3.44. The van der Waals surface area contributed by atoms with E-state index in [1.165, 1.54) is 0 Å². The van der Waals surface area contributed by atoms with Gasteiger partial charge in [-0.05, 0) is 47.1 Å². The number of hydrogen-bond donors (Lipinski definition) is 1. The Kier molecular flexibility index (Phi) is 4.06. The Morgan fingerprint density at radius 3 is 2.86 bits per heavy atom. The van der Waals surface area contributed by atoms with Crippen LogP contribution in [0.1, 0.15) is 29.2 Å². The van der Waals surface area contributed by atoms with Crippen LogP contribution in [0.25, 0.3) is 5.69 Å². The maximum Gasteiger partial charge on any atom is 0.274 e. The second-order valence-corrected chi connectivity index (χ2v) is 5.56. The Hall–Kier alpha value is -2.41. The van der Waals surface area contributed by atoms with Gasteiger partial charge in [0.15, 0.2) is 5.69 Å². The number of carbonyl (C=O) groups excluding carboxylic acids is 1. The Morgan fingerprint density at radius 2 is 2.14 bits per heavy atom. The summed E-state index contributed by atoms with van der Waals surface area (Å²) in [6.07, 6.45) is 3.16. The highest BCUT2D eigenvalue weighted by atomic mass is 79.9. The topological polar surface area (TPSA) is 73.0 Å². The van der Waals surface area contributed by atoms with Crippen LogP contribution in [0, 0.1) is 0 Å². The van der Waals surface area contributed by atoms with Gasteiger partial charge in [-0.25, -0.2) is 4.68 Å². The quantitative estimate of drug-likeness (QED) is 0.775. The lowest BCUT2D eigenvalue weighted by Crippen LogP contribution is -2.26. The monoisotopic (exact) mass is 360 g/mol. The summed E-state index contributed by atoms with van der Waals surface area (Å²) in [6.45, 7) is 1.84. The summed E-state index contributed by atoms with van der Waals surface area (Å²) in [6, 6.07) is 10.9. The third-order valence-corrected chi connectivity index (χ3v) is 3.81. The van der Waals surface area contributed by atoms with Gasteiger partial charge in [0, 0.05) is 4.47 Å². The van der Waals surface area contributed by atoms with Crippen molar-refractivity contribution in [1.82, 2.24) is 20.3 Å². The molecule has 0 aliphatic heterocycles. The van der Waals surface area contributed by atoms with Gasteiger partial charge in [-0.15, -0.1) is 5.10 Å². The first kappa shape index (κ1) is 14.5. The summed E-state index contributed by atoms with van der Waals surface area (Å²) in [7, 11) is 0. The first-order chi connectivity index (χ1) is 10.6. The lowest BCUT2D eigenvalue weighted by molar-refractivity contribution is 0.0930. The van der Waals surface area contributed by atoms with Gasteiger partial charge in [-0.1, -0.05) is 17.3 Å². The molecule has 7 heteroatoms. The highest BCUT2D eigenvalue weighted by Gasteiger charge is 2.17. The van der Waals surface area contributed by atoms with Crippen molar-refractivity contribution in [2.75, 3.05) is 0 Å². The fraction of sp³-hybridized carbons (Fsp3) is 0.133. The average molecular weight is 361 g/mol. The molecular weight excluding hydrogens is 348 g/mol. The van der Waals surface area contributed by atoms with Crippen molar-refractivity contribution in [1.29, 1.82) is 0 Å². The molecule has 2 heterocycles. The number of rotatable bonds is 4. The Balaban J connectivity index is 1.76. The number of hydrogen-bond acceptors (Lipinski definition) is 4. The summed E-state index contributed by atoms with van der Waals surface area (Å²) in [4.78, 5) is 12.2. The molecule has 0 aliphatic carbocycles. The van der Waals surface area contributed by atoms with Crippen LogP contribution in [0.4, 0.5) is 0 Å². The van der Waals surface area contributed by atoms with Crippen molar-refractivity contribution < 1.29 is 9.21 Å². The molecule has 0 aliphatic rings. The SMILES string of the molecule is C[C@H](NC(=O)c1cn(-c2ccccc2Br)nn1)c1ccco1. The van der Waals surface area contributed by atoms with Crippen molar-refractivity contribution in [2.45, 2.75) is 13.0 Å². The van der Waals surface area contributed by atoms with Gasteiger partial charge in [0.2, 0.25) is 0 Å². The van der Waals surface area contributed by atoms with Crippen LogP contribution in [0.5, 0.6) is 0 Å². The molecule has 1 amide bonds. The smallest absolute Gasteiger partial charge is 0.274 e. The maximum atomic E-state index is 12.2. The minimum Gasteiger partial charge on any atom is -0.467 e. The van der Waals surface area contributed by atoms with E-state index in [2.05, 4.69) is 31.6 Å². The molecule has 0 fully saturated rings. The number of halogens is 1. The van der Waals surface area contributed by atoms with E-state index < -0.39 is 0 Å². The van der Waals surface area contributed by atoms with Crippen molar-refractivity contribution in [2.24, 2.45) is 0 Å². The van der Waals surface area contributed by atoms with E-state index in [0.29, 0.717) is 5.76 Å². The fourth-order valence-electron chi connectivity index (χ4n) is 2.00.